The summed E-state index contributed by atoms with van der Waals surface area (Å²) >= 11 is 0. The summed E-state index contributed by atoms with van der Waals surface area (Å²) in [6, 6.07) is 14.2. The lowest BCUT2D eigenvalue weighted by molar-refractivity contribution is -0.138. The van der Waals surface area contributed by atoms with Crippen molar-refractivity contribution in [3.63, 3.8) is 0 Å². The van der Waals surface area contributed by atoms with Crippen LogP contribution in [0.4, 0.5) is 5.69 Å². The molecule has 0 radical (unpaired) electrons. The lowest BCUT2D eigenvalue weighted by Gasteiger charge is -2.19. The number of hydrogen-bond donors (Lipinski definition) is 6. The first-order valence-corrected chi connectivity index (χ1v) is 11.6. The first kappa shape index (κ1) is 23.3. The van der Waals surface area contributed by atoms with Gasteiger partial charge in [0, 0.05) is 18.3 Å². The van der Waals surface area contributed by atoms with Gasteiger partial charge in [-0.15, -0.1) is 0 Å². The maximum Gasteiger partial charge on any atom is 0.330 e. The number of imidazole rings is 1. The summed E-state index contributed by atoms with van der Waals surface area (Å²) in [6.07, 6.45) is 2.14. The molecule has 2 atom stereocenters. The Morgan fingerprint density at radius 3 is 2.75 bits per heavy atom. The number of fused-ring (bicyclic) bond motifs is 1. The van der Waals surface area contributed by atoms with Crippen molar-refractivity contribution in [2.75, 3.05) is 18.5 Å². The highest BCUT2D eigenvalue weighted by atomic mass is 16.4. The number of nitrogens with one attached hydrogen (secondary N) is 4. The van der Waals surface area contributed by atoms with E-state index in [-0.39, 0.29) is 24.8 Å². The van der Waals surface area contributed by atoms with Gasteiger partial charge in [-0.25, -0.2) is 9.78 Å². The van der Waals surface area contributed by atoms with Gasteiger partial charge in [-0.2, -0.15) is 0 Å². The van der Waals surface area contributed by atoms with Crippen LogP contribution >= 0.6 is 0 Å². The van der Waals surface area contributed by atoms with E-state index >= 15 is 0 Å². The number of H-pyrrole nitrogens is 2. The van der Waals surface area contributed by atoms with E-state index < -0.39 is 12.0 Å². The van der Waals surface area contributed by atoms with Crippen LogP contribution in [0.25, 0.3) is 22.4 Å². The lowest BCUT2D eigenvalue weighted by Crippen LogP contribution is -2.28. The number of carboxylic acids is 1. The summed E-state index contributed by atoms with van der Waals surface area (Å²) in [7, 11) is 0. The maximum absolute atomic E-state index is 12.9. The van der Waals surface area contributed by atoms with Crippen LogP contribution in [-0.2, 0) is 11.2 Å². The number of rotatable bonds is 8. The first-order chi connectivity index (χ1) is 17.4. The standard InChI is InChI=1S/C26H26N6O4/c1-14-9-16(23-28-12-20(31-23)26(35)36)11-19-22(14)32-24(30-19)21-18(7-8-27-25(21)34)29-17(13-33)10-15-5-3-2-4-6-15/h2-9,11,17,20,33H,10,12-13H2,1H3,(H,28,31)(H,30,32)(H,35,36)(H2,27,29,34)/t17-,20-/m0/s1. The van der Waals surface area contributed by atoms with Gasteiger partial charge in [0.05, 0.1) is 29.4 Å². The molecule has 3 heterocycles. The molecule has 5 rings (SSSR count). The molecule has 0 bridgehead atoms. The van der Waals surface area contributed by atoms with E-state index in [2.05, 4.69) is 25.6 Å². The number of carboxylic acid groups (broad SMARTS) is 1. The Morgan fingerprint density at radius 2 is 2.03 bits per heavy atom. The monoisotopic (exact) mass is 486 g/mol. The number of aromatic nitrogens is 3. The first-order valence-electron chi connectivity index (χ1n) is 11.6. The molecule has 0 amide bonds. The molecule has 0 spiro atoms. The van der Waals surface area contributed by atoms with Crippen molar-refractivity contribution in [2.45, 2.75) is 25.4 Å². The number of aliphatic imine (C=N–C) groups is 1. The van der Waals surface area contributed by atoms with E-state index in [1.54, 1.807) is 12.3 Å². The fourth-order valence-electron chi connectivity index (χ4n) is 4.42. The summed E-state index contributed by atoms with van der Waals surface area (Å²) < 4.78 is 0. The second kappa shape index (κ2) is 9.67. The van der Waals surface area contributed by atoms with Crippen LogP contribution in [0.15, 0.2) is 64.5 Å². The van der Waals surface area contributed by atoms with Gasteiger partial charge in [0.2, 0.25) is 0 Å². The van der Waals surface area contributed by atoms with Gasteiger partial charge in [-0.05, 0) is 42.7 Å². The number of carbonyl (C=O) groups is 1. The number of anilines is 1. The quantitative estimate of drug-likeness (QED) is 0.223. The third-order valence-corrected chi connectivity index (χ3v) is 6.19. The molecule has 0 saturated heterocycles. The van der Waals surface area contributed by atoms with Crippen LogP contribution < -0.4 is 16.2 Å². The van der Waals surface area contributed by atoms with Crippen LogP contribution in [-0.4, -0.2) is 62.2 Å². The largest absolute Gasteiger partial charge is 0.480 e. The molecule has 1 aliphatic heterocycles. The zero-order valence-corrected chi connectivity index (χ0v) is 19.6. The average molecular weight is 487 g/mol. The van der Waals surface area contributed by atoms with Crippen LogP contribution in [0.2, 0.25) is 0 Å². The molecular weight excluding hydrogens is 460 g/mol. The van der Waals surface area contributed by atoms with Gasteiger partial charge < -0.3 is 30.8 Å². The molecule has 4 aromatic rings. The number of benzene rings is 2. The molecule has 6 N–H and O–H groups in total. The summed E-state index contributed by atoms with van der Waals surface area (Å²) in [5, 5.41) is 25.6. The molecular formula is C26H26N6O4. The third-order valence-electron chi connectivity index (χ3n) is 6.19. The number of hydrogen-bond acceptors (Lipinski definition) is 7. The van der Waals surface area contributed by atoms with Gasteiger partial charge in [-0.3, -0.25) is 9.79 Å². The highest BCUT2D eigenvalue weighted by Crippen LogP contribution is 2.27. The van der Waals surface area contributed by atoms with Crippen molar-refractivity contribution >= 4 is 28.5 Å². The fraction of sp³-hybridized carbons (Fsp3) is 0.231. The molecule has 0 aliphatic carbocycles. The lowest BCUT2D eigenvalue weighted by atomic mass is 10.1. The SMILES string of the molecule is Cc1cc(C2=N[C@H](C(=O)O)CN2)cc2[nH]c(-c3c(N[C@H](CO)Cc4ccccc4)cc[nH]c3=O)nc12. The van der Waals surface area contributed by atoms with Crippen molar-refractivity contribution in [3.8, 4) is 11.4 Å². The Morgan fingerprint density at radius 1 is 1.22 bits per heavy atom. The van der Waals surface area contributed by atoms with Crippen molar-refractivity contribution < 1.29 is 15.0 Å². The Hall–Kier alpha value is -4.44. The highest BCUT2D eigenvalue weighted by Gasteiger charge is 2.25. The second-order valence-electron chi connectivity index (χ2n) is 8.80. The molecule has 10 heteroatoms. The van der Waals surface area contributed by atoms with E-state index in [1.807, 2.05) is 49.4 Å². The third kappa shape index (κ3) is 4.58. The van der Waals surface area contributed by atoms with Crippen molar-refractivity contribution in [1.82, 2.24) is 20.3 Å². The molecule has 184 valence electrons. The molecule has 2 aromatic carbocycles. The highest BCUT2D eigenvalue weighted by molar-refractivity contribution is 6.04. The second-order valence-corrected chi connectivity index (χ2v) is 8.80. The van der Waals surface area contributed by atoms with Crippen molar-refractivity contribution in [1.29, 1.82) is 0 Å². The topological polar surface area (TPSA) is 155 Å². The minimum atomic E-state index is -0.976. The van der Waals surface area contributed by atoms with E-state index in [4.69, 9.17) is 4.98 Å². The maximum atomic E-state index is 12.9. The van der Waals surface area contributed by atoms with E-state index in [9.17, 15) is 19.8 Å². The van der Waals surface area contributed by atoms with E-state index in [0.717, 1.165) is 16.7 Å². The van der Waals surface area contributed by atoms with E-state index in [0.29, 0.717) is 40.4 Å². The smallest absolute Gasteiger partial charge is 0.330 e. The molecule has 2 aromatic heterocycles. The molecule has 0 unspecified atom stereocenters. The number of aryl methyl sites for hydroxylation is 1. The Bertz CT molecular complexity index is 1510. The number of aliphatic carboxylic acids is 1. The van der Waals surface area contributed by atoms with Crippen LogP contribution in [0, 0.1) is 6.92 Å². The molecule has 0 fully saturated rings. The minimum absolute atomic E-state index is 0.115. The zero-order valence-electron chi connectivity index (χ0n) is 19.6. The van der Waals surface area contributed by atoms with Gasteiger partial charge in [-0.1, -0.05) is 30.3 Å². The number of aliphatic hydroxyl groups is 1. The average Bonchev–Trinajstić information content (AvgIpc) is 3.52. The Balaban J connectivity index is 1.50. The number of pyridine rings is 1. The zero-order chi connectivity index (χ0) is 25.2. The molecule has 36 heavy (non-hydrogen) atoms. The Labute approximate surface area is 206 Å². The molecule has 0 saturated carbocycles. The number of aliphatic hydroxyl groups excluding tert-OH is 1. The molecule has 1 aliphatic rings. The van der Waals surface area contributed by atoms with Crippen molar-refractivity contribution in [3.05, 3.63) is 81.8 Å². The van der Waals surface area contributed by atoms with Crippen molar-refractivity contribution in [2.24, 2.45) is 4.99 Å². The van der Waals surface area contributed by atoms with Gasteiger partial charge in [0.1, 0.15) is 17.2 Å². The minimum Gasteiger partial charge on any atom is -0.480 e. The van der Waals surface area contributed by atoms with Crippen LogP contribution in [0.5, 0.6) is 0 Å². The van der Waals surface area contributed by atoms with Gasteiger partial charge >= 0.3 is 5.97 Å². The summed E-state index contributed by atoms with van der Waals surface area (Å²) in [5.74, 6) is -0.0817. The number of amidine groups is 1. The van der Waals surface area contributed by atoms with Gasteiger partial charge in [0.25, 0.3) is 5.56 Å². The van der Waals surface area contributed by atoms with Gasteiger partial charge in [0.15, 0.2) is 6.04 Å². The summed E-state index contributed by atoms with van der Waals surface area (Å²) in [4.78, 5) is 39.1. The summed E-state index contributed by atoms with van der Waals surface area (Å²) in [5.41, 5.74) is 4.62. The predicted octanol–water partition coefficient (Wildman–Crippen LogP) is 2.05. The predicted molar refractivity (Wildman–Crippen MR) is 137 cm³/mol. The fourth-order valence-corrected chi connectivity index (χ4v) is 4.42. The van der Waals surface area contributed by atoms with Crippen LogP contribution in [0.3, 0.4) is 0 Å². The summed E-state index contributed by atoms with van der Waals surface area (Å²) in [6.45, 7) is 2.02. The van der Waals surface area contributed by atoms with Crippen LogP contribution in [0.1, 0.15) is 16.7 Å². The number of aromatic amines is 2. The normalized spacial score (nSPS) is 15.9. The van der Waals surface area contributed by atoms with E-state index in [1.165, 1.54) is 0 Å². The Kier molecular flexibility index (Phi) is 6.26. The molecule has 10 nitrogen and oxygen atoms in total. The number of nitrogens with zero attached hydrogens (tertiary/aromatic N) is 2.